The van der Waals surface area contributed by atoms with Gasteiger partial charge in [-0.05, 0) is 36.3 Å². The zero-order valence-electron chi connectivity index (χ0n) is 15.4. The van der Waals surface area contributed by atoms with Crippen molar-refractivity contribution in [2.45, 2.75) is 58.4 Å². The highest BCUT2D eigenvalue weighted by Crippen LogP contribution is 2.26. The van der Waals surface area contributed by atoms with Crippen molar-refractivity contribution < 1.29 is 19.1 Å². The van der Waals surface area contributed by atoms with E-state index in [1.165, 1.54) is 6.42 Å². The van der Waals surface area contributed by atoms with Crippen molar-refractivity contribution in [3.63, 3.8) is 0 Å². The lowest BCUT2D eigenvalue weighted by Crippen LogP contribution is -2.43. The van der Waals surface area contributed by atoms with Gasteiger partial charge in [0.25, 0.3) is 5.91 Å². The number of ether oxygens (including phenoxy) is 2. The molecular weight excluding hydrogens is 318 g/mol. The van der Waals surface area contributed by atoms with Crippen molar-refractivity contribution in [3.05, 3.63) is 29.8 Å². The van der Waals surface area contributed by atoms with Crippen LogP contribution in [-0.2, 0) is 14.3 Å². The third-order valence-electron chi connectivity index (χ3n) is 4.71. The highest BCUT2D eigenvalue weighted by molar-refractivity contribution is 5.81. The summed E-state index contributed by atoms with van der Waals surface area (Å²) in [6.45, 7) is 5.83. The van der Waals surface area contributed by atoms with E-state index in [9.17, 15) is 9.59 Å². The van der Waals surface area contributed by atoms with Gasteiger partial charge in [-0.3, -0.25) is 4.79 Å². The van der Waals surface area contributed by atoms with Crippen molar-refractivity contribution in [2.75, 3.05) is 13.2 Å². The number of rotatable bonds is 7. The Labute approximate surface area is 150 Å². The summed E-state index contributed by atoms with van der Waals surface area (Å²) in [7, 11) is 0. The fourth-order valence-electron chi connectivity index (χ4n) is 3.19. The quantitative estimate of drug-likeness (QED) is 0.768. The van der Waals surface area contributed by atoms with Gasteiger partial charge in [0.2, 0.25) is 0 Å². The van der Waals surface area contributed by atoms with Crippen LogP contribution < -0.4 is 10.1 Å². The van der Waals surface area contributed by atoms with Crippen molar-refractivity contribution >= 4 is 11.9 Å². The van der Waals surface area contributed by atoms with Crippen LogP contribution in [0, 0.1) is 5.92 Å². The van der Waals surface area contributed by atoms with Crippen molar-refractivity contribution in [1.82, 2.24) is 5.32 Å². The summed E-state index contributed by atoms with van der Waals surface area (Å²) in [5, 5.41) is 2.96. The van der Waals surface area contributed by atoms with E-state index in [4.69, 9.17) is 9.47 Å². The minimum atomic E-state index is -0.537. The van der Waals surface area contributed by atoms with E-state index in [0.29, 0.717) is 17.6 Å². The highest BCUT2D eigenvalue weighted by atomic mass is 16.6. The van der Waals surface area contributed by atoms with Gasteiger partial charge < -0.3 is 14.8 Å². The first-order valence-corrected chi connectivity index (χ1v) is 9.14. The molecule has 1 aromatic carbocycles. The van der Waals surface area contributed by atoms with Crippen LogP contribution in [0.3, 0.4) is 0 Å². The molecular formula is C20H29NO4. The predicted molar refractivity (Wildman–Crippen MR) is 96.5 cm³/mol. The second kappa shape index (κ2) is 9.44. The number of nitrogens with one attached hydrogen (secondary N) is 1. The molecule has 0 bridgehead atoms. The molecule has 1 aromatic rings. The number of carbonyl (C=O) groups is 2. The van der Waals surface area contributed by atoms with Gasteiger partial charge in [-0.2, -0.15) is 0 Å². The lowest BCUT2D eigenvalue weighted by molar-refractivity contribution is -0.150. The summed E-state index contributed by atoms with van der Waals surface area (Å²) in [5.41, 5.74) is 1.04. The van der Waals surface area contributed by atoms with Crippen LogP contribution >= 0.6 is 0 Å². The Hall–Kier alpha value is -2.04. The van der Waals surface area contributed by atoms with Crippen LogP contribution in [0.25, 0.3) is 0 Å². The normalized spacial score (nSPS) is 20.2. The summed E-state index contributed by atoms with van der Waals surface area (Å²) in [4.78, 5) is 23.8. The Morgan fingerprint density at radius 3 is 2.60 bits per heavy atom. The predicted octanol–water partition coefficient (Wildman–Crippen LogP) is 3.43. The third-order valence-corrected chi connectivity index (χ3v) is 4.71. The number of hydrogen-bond acceptors (Lipinski definition) is 4. The minimum absolute atomic E-state index is 0.189. The summed E-state index contributed by atoms with van der Waals surface area (Å²) < 4.78 is 10.6. The van der Waals surface area contributed by atoms with E-state index >= 15 is 0 Å². The number of hydrogen-bond donors (Lipinski definition) is 1. The molecule has 25 heavy (non-hydrogen) atoms. The maximum absolute atomic E-state index is 11.9. The monoisotopic (exact) mass is 347 g/mol. The molecule has 1 amide bonds. The van der Waals surface area contributed by atoms with E-state index in [-0.39, 0.29) is 25.2 Å². The van der Waals surface area contributed by atoms with Gasteiger partial charge in [-0.25, -0.2) is 4.79 Å². The molecule has 0 spiro atoms. The molecule has 2 rings (SSSR count). The maximum atomic E-state index is 11.9. The van der Waals surface area contributed by atoms with E-state index in [1.54, 1.807) is 0 Å². The third kappa shape index (κ3) is 6.07. The molecule has 138 valence electrons. The molecule has 0 unspecified atom stereocenters. The molecule has 1 aliphatic carbocycles. The molecule has 0 saturated heterocycles. The molecule has 0 radical (unpaired) electrons. The first-order valence-electron chi connectivity index (χ1n) is 9.14. The SMILES string of the molecule is CC(C)c1ccccc1OCC(=O)OCC(=O)N[C@H]1CCCC[C@H]1C. The molecule has 0 aromatic heterocycles. The van der Waals surface area contributed by atoms with Crippen LogP contribution in [-0.4, -0.2) is 31.1 Å². The number of benzene rings is 1. The van der Waals surface area contributed by atoms with Crippen molar-refractivity contribution in [3.8, 4) is 5.75 Å². The largest absolute Gasteiger partial charge is 0.482 e. The molecule has 0 heterocycles. The van der Waals surface area contributed by atoms with Crippen LogP contribution in [0.1, 0.15) is 57.9 Å². The van der Waals surface area contributed by atoms with Crippen LogP contribution in [0.15, 0.2) is 24.3 Å². The second-order valence-electron chi connectivity index (χ2n) is 7.08. The average Bonchev–Trinajstić information content (AvgIpc) is 2.60. The van der Waals surface area contributed by atoms with Gasteiger partial charge >= 0.3 is 5.97 Å². The molecule has 5 heteroatoms. The number of para-hydroxylation sites is 1. The Balaban J connectivity index is 1.73. The molecule has 5 nitrogen and oxygen atoms in total. The Morgan fingerprint density at radius 1 is 1.16 bits per heavy atom. The van der Waals surface area contributed by atoms with Gasteiger partial charge in [-0.1, -0.05) is 51.8 Å². The van der Waals surface area contributed by atoms with E-state index < -0.39 is 5.97 Å². The topological polar surface area (TPSA) is 64.6 Å². The second-order valence-corrected chi connectivity index (χ2v) is 7.08. The van der Waals surface area contributed by atoms with Crippen LogP contribution in [0.2, 0.25) is 0 Å². The summed E-state index contributed by atoms with van der Waals surface area (Å²) in [6, 6.07) is 7.81. The average molecular weight is 347 g/mol. The molecule has 1 fully saturated rings. The molecule has 1 aliphatic rings. The smallest absolute Gasteiger partial charge is 0.344 e. The van der Waals surface area contributed by atoms with E-state index in [2.05, 4.69) is 26.1 Å². The lowest BCUT2D eigenvalue weighted by Gasteiger charge is -2.29. The van der Waals surface area contributed by atoms with Crippen LogP contribution in [0.4, 0.5) is 0 Å². The van der Waals surface area contributed by atoms with Gasteiger partial charge in [0.05, 0.1) is 0 Å². The van der Waals surface area contributed by atoms with Gasteiger partial charge in [0, 0.05) is 6.04 Å². The fraction of sp³-hybridized carbons (Fsp3) is 0.600. The van der Waals surface area contributed by atoms with Crippen molar-refractivity contribution in [1.29, 1.82) is 0 Å². The van der Waals surface area contributed by atoms with Gasteiger partial charge in [0.15, 0.2) is 13.2 Å². The standard InChI is InChI=1S/C20H29NO4/c1-14(2)16-9-5-7-11-18(16)24-13-20(23)25-12-19(22)21-17-10-6-4-8-15(17)3/h5,7,9,11,14-15,17H,4,6,8,10,12-13H2,1-3H3,(H,21,22)/t15-,17+/m1/s1. The molecule has 2 atom stereocenters. The zero-order valence-corrected chi connectivity index (χ0v) is 15.4. The fourth-order valence-corrected chi connectivity index (χ4v) is 3.19. The van der Waals surface area contributed by atoms with E-state index in [0.717, 1.165) is 24.8 Å². The summed E-state index contributed by atoms with van der Waals surface area (Å²) in [5.74, 6) is 0.676. The first kappa shape index (κ1) is 19.3. The lowest BCUT2D eigenvalue weighted by atomic mass is 9.86. The first-order chi connectivity index (χ1) is 12.0. The maximum Gasteiger partial charge on any atom is 0.344 e. The molecule has 1 saturated carbocycles. The molecule has 0 aliphatic heterocycles. The van der Waals surface area contributed by atoms with E-state index in [1.807, 2.05) is 24.3 Å². The molecule has 1 N–H and O–H groups in total. The summed E-state index contributed by atoms with van der Waals surface area (Å²) in [6.07, 6.45) is 4.49. The number of esters is 1. The number of carbonyl (C=O) groups excluding carboxylic acids is 2. The van der Waals surface area contributed by atoms with Gasteiger partial charge in [0.1, 0.15) is 5.75 Å². The summed E-state index contributed by atoms with van der Waals surface area (Å²) >= 11 is 0. The Morgan fingerprint density at radius 2 is 1.88 bits per heavy atom. The van der Waals surface area contributed by atoms with Crippen LogP contribution in [0.5, 0.6) is 5.75 Å². The Kier molecular flexibility index (Phi) is 7.29. The van der Waals surface area contributed by atoms with Crippen molar-refractivity contribution in [2.24, 2.45) is 5.92 Å². The minimum Gasteiger partial charge on any atom is -0.482 e. The highest BCUT2D eigenvalue weighted by Gasteiger charge is 2.23. The Bertz CT molecular complexity index is 585. The zero-order chi connectivity index (χ0) is 18.2. The number of amides is 1. The van der Waals surface area contributed by atoms with Gasteiger partial charge in [-0.15, -0.1) is 0 Å².